The van der Waals surface area contributed by atoms with Crippen LogP contribution in [0.25, 0.3) is 0 Å². The van der Waals surface area contributed by atoms with E-state index in [-0.39, 0.29) is 5.31 Å². The third-order valence-electron chi connectivity index (χ3n) is 3.86. The van der Waals surface area contributed by atoms with Crippen molar-refractivity contribution in [3.05, 3.63) is 12.2 Å². The second-order valence-electron chi connectivity index (χ2n) is 5.00. The SMILES string of the molecule is [B]C1(C(=C)C(C)C)CCNC(C)C1C. The van der Waals surface area contributed by atoms with Crippen LogP contribution in [0.1, 0.15) is 34.1 Å². The summed E-state index contributed by atoms with van der Waals surface area (Å²) in [4.78, 5) is 0. The largest absolute Gasteiger partial charge is 0.314 e. The van der Waals surface area contributed by atoms with E-state index in [1.807, 2.05) is 0 Å². The Morgan fingerprint density at radius 1 is 1.50 bits per heavy atom. The quantitative estimate of drug-likeness (QED) is 0.522. The van der Waals surface area contributed by atoms with Crippen LogP contribution < -0.4 is 5.32 Å². The predicted octanol–water partition coefficient (Wildman–Crippen LogP) is 2.54. The summed E-state index contributed by atoms with van der Waals surface area (Å²) in [5.41, 5.74) is 1.21. The molecular weight excluding hydrogens is 169 g/mol. The Morgan fingerprint density at radius 3 is 2.57 bits per heavy atom. The molecule has 0 amide bonds. The molecule has 1 aliphatic heterocycles. The highest BCUT2D eigenvalue weighted by atomic mass is 14.9. The van der Waals surface area contributed by atoms with Crippen molar-refractivity contribution in [2.75, 3.05) is 6.54 Å². The molecule has 0 aromatic heterocycles. The molecule has 0 saturated carbocycles. The van der Waals surface area contributed by atoms with Crippen molar-refractivity contribution in [1.82, 2.24) is 5.32 Å². The molecule has 0 aromatic carbocycles. The average molecular weight is 191 g/mol. The average Bonchev–Trinajstić information content (AvgIpc) is 2.12. The third-order valence-corrected chi connectivity index (χ3v) is 3.86. The van der Waals surface area contributed by atoms with Crippen LogP contribution in [0, 0.1) is 11.8 Å². The van der Waals surface area contributed by atoms with Gasteiger partial charge in [0, 0.05) is 6.04 Å². The highest BCUT2D eigenvalue weighted by Crippen LogP contribution is 2.48. The fraction of sp³-hybridized carbons (Fsp3) is 0.833. The Bertz CT molecular complexity index is 224. The van der Waals surface area contributed by atoms with Gasteiger partial charge in [0.1, 0.15) is 0 Å². The van der Waals surface area contributed by atoms with Crippen LogP contribution in [-0.4, -0.2) is 20.4 Å². The number of nitrogens with one attached hydrogen (secondary N) is 1. The lowest BCUT2D eigenvalue weighted by Crippen LogP contribution is -2.47. The van der Waals surface area contributed by atoms with Crippen LogP contribution >= 0.6 is 0 Å². The first-order valence-electron chi connectivity index (χ1n) is 5.61. The lowest BCUT2D eigenvalue weighted by atomic mass is 9.51. The standard InChI is InChI=1S/C12H22BN/c1-8(2)9(3)12(13)6-7-14-11(5)10(12)4/h8,10-11,14H,3,6-7H2,1-2,4-5H3. The second kappa shape index (κ2) is 4.10. The summed E-state index contributed by atoms with van der Waals surface area (Å²) in [6.45, 7) is 14.0. The van der Waals surface area contributed by atoms with Gasteiger partial charge in [0.05, 0.1) is 7.85 Å². The molecule has 3 atom stereocenters. The number of hydrogen-bond acceptors (Lipinski definition) is 1. The van der Waals surface area contributed by atoms with Gasteiger partial charge >= 0.3 is 0 Å². The smallest absolute Gasteiger partial charge is 0.0810 e. The van der Waals surface area contributed by atoms with Crippen LogP contribution in [0.4, 0.5) is 0 Å². The minimum absolute atomic E-state index is 0.168. The number of rotatable bonds is 2. The molecule has 2 radical (unpaired) electrons. The van der Waals surface area contributed by atoms with Crippen LogP contribution in [0.3, 0.4) is 0 Å². The Hall–Kier alpha value is -0.235. The van der Waals surface area contributed by atoms with Crippen molar-refractivity contribution in [3.63, 3.8) is 0 Å². The number of hydrogen-bond donors (Lipinski definition) is 1. The second-order valence-corrected chi connectivity index (χ2v) is 5.00. The van der Waals surface area contributed by atoms with Crippen molar-refractivity contribution < 1.29 is 0 Å². The molecule has 78 valence electrons. The summed E-state index contributed by atoms with van der Waals surface area (Å²) < 4.78 is 0. The van der Waals surface area contributed by atoms with E-state index >= 15 is 0 Å². The maximum atomic E-state index is 6.50. The van der Waals surface area contributed by atoms with Crippen molar-refractivity contribution in [3.8, 4) is 0 Å². The molecule has 1 saturated heterocycles. The topological polar surface area (TPSA) is 12.0 Å². The van der Waals surface area contributed by atoms with Crippen LogP contribution in [0.15, 0.2) is 12.2 Å². The fourth-order valence-corrected chi connectivity index (χ4v) is 2.35. The van der Waals surface area contributed by atoms with Gasteiger partial charge in [-0.3, -0.25) is 0 Å². The Balaban J connectivity index is 2.85. The van der Waals surface area contributed by atoms with Gasteiger partial charge in [0.25, 0.3) is 0 Å². The van der Waals surface area contributed by atoms with Crippen molar-refractivity contribution in [2.24, 2.45) is 11.8 Å². The maximum Gasteiger partial charge on any atom is 0.0810 e. The van der Waals surface area contributed by atoms with Gasteiger partial charge in [-0.25, -0.2) is 0 Å². The zero-order chi connectivity index (χ0) is 10.9. The molecule has 0 bridgehead atoms. The summed E-state index contributed by atoms with van der Waals surface area (Å²) in [6.07, 6.45) is 1.01. The van der Waals surface area contributed by atoms with Crippen LogP contribution in [-0.2, 0) is 0 Å². The lowest BCUT2D eigenvalue weighted by molar-refractivity contribution is 0.252. The van der Waals surface area contributed by atoms with E-state index in [1.54, 1.807) is 0 Å². The molecule has 2 heteroatoms. The summed E-state index contributed by atoms with van der Waals surface area (Å²) in [6, 6.07) is 0.490. The van der Waals surface area contributed by atoms with Crippen LogP contribution in [0.2, 0.25) is 5.31 Å². The summed E-state index contributed by atoms with van der Waals surface area (Å²) in [5.74, 6) is 0.943. The molecular formula is C12H22BN. The molecule has 1 nitrogen and oxygen atoms in total. The zero-order valence-electron chi connectivity index (χ0n) is 9.93. The van der Waals surface area contributed by atoms with Gasteiger partial charge in [-0.15, -0.1) is 0 Å². The highest BCUT2D eigenvalue weighted by molar-refractivity contribution is 6.17. The molecule has 1 rings (SSSR count). The molecule has 14 heavy (non-hydrogen) atoms. The summed E-state index contributed by atoms with van der Waals surface area (Å²) in [5, 5.41) is 3.29. The van der Waals surface area contributed by atoms with E-state index in [0.717, 1.165) is 13.0 Å². The van der Waals surface area contributed by atoms with E-state index in [1.165, 1.54) is 5.57 Å². The first kappa shape index (κ1) is 11.8. The highest BCUT2D eigenvalue weighted by Gasteiger charge is 2.39. The van der Waals surface area contributed by atoms with Crippen molar-refractivity contribution >= 4 is 7.85 Å². The maximum absolute atomic E-state index is 6.50. The first-order valence-corrected chi connectivity index (χ1v) is 5.61. The first-order chi connectivity index (χ1) is 6.39. The molecule has 1 aliphatic rings. The minimum atomic E-state index is -0.168. The lowest BCUT2D eigenvalue weighted by Gasteiger charge is -2.47. The van der Waals surface area contributed by atoms with Crippen molar-refractivity contribution in [2.45, 2.75) is 45.5 Å². The Morgan fingerprint density at radius 2 is 2.07 bits per heavy atom. The van der Waals surface area contributed by atoms with E-state index in [9.17, 15) is 0 Å². The van der Waals surface area contributed by atoms with Gasteiger partial charge in [0.2, 0.25) is 0 Å². The Kier molecular flexibility index (Phi) is 3.46. The molecule has 1 N–H and O–H groups in total. The number of piperidine rings is 1. The fourth-order valence-electron chi connectivity index (χ4n) is 2.35. The van der Waals surface area contributed by atoms with Crippen molar-refractivity contribution in [1.29, 1.82) is 0 Å². The van der Waals surface area contributed by atoms with E-state index in [2.05, 4.69) is 39.6 Å². The number of allylic oxidation sites excluding steroid dienone is 1. The summed E-state index contributed by atoms with van der Waals surface area (Å²) >= 11 is 0. The predicted molar refractivity (Wildman–Crippen MR) is 63.7 cm³/mol. The van der Waals surface area contributed by atoms with E-state index in [4.69, 9.17) is 7.85 Å². The molecule has 1 heterocycles. The molecule has 0 spiro atoms. The summed E-state index contributed by atoms with van der Waals surface area (Å²) in [7, 11) is 6.50. The zero-order valence-corrected chi connectivity index (χ0v) is 9.93. The van der Waals surface area contributed by atoms with Gasteiger partial charge in [-0.2, -0.15) is 0 Å². The minimum Gasteiger partial charge on any atom is -0.314 e. The molecule has 3 unspecified atom stereocenters. The van der Waals surface area contributed by atoms with Gasteiger partial charge < -0.3 is 5.32 Å². The van der Waals surface area contributed by atoms with E-state index in [0.29, 0.717) is 17.9 Å². The monoisotopic (exact) mass is 191 g/mol. The normalized spacial score (nSPS) is 38.6. The molecule has 1 fully saturated rings. The molecule has 0 aromatic rings. The van der Waals surface area contributed by atoms with Gasteiger partial charge in [-0.1, -0.05) is 32.9 Å². The molecule has 0 aliphatic carbocycles. The van der Waals surface area contributed by atoms with Gasteiger partial charge in [-0.05, 0) is 37.0 Å². The van der Waals surface area contributed by atoms with Gasteiger partial charge in [0.15, 0.2) is 0 Å². The van der Waals surface area contributed by atoms with E-state index < -0.39 is 0 Å². The Labute approximate surface area is 89.8 Å². The van der Waals surface area contributed by atoms with Crippen LogP contribution in [0.5, 0.6) is 0 Å². The third kappa shape index (κ3) is 1.90.